The molecule has 0 spiro atoms. The lowest BCUT2D eigenvalue weighted by atomic mass is 10.1. The molecule has 0 heterocycles. The minimum atomic E-state index is -1.16. The van der Waals surface area contributed by atoms with E-state index in [4.69, 9.17) is 37.0 Å². The highest BCUT2D eigenvalue weighted by Gasteiger charge is 2.12. The molecule has 0 aliphatic heterocycles. The Labute approximate surface area is 142 Å². The van der Waals surface area contributed by atoms with Gasteiger partial charge in [0.2, 0.25) is 0 Å². The number of nitrogens with two attached hydrogens (primary N) is 2. The van der Waals surface area contributed by atoms with E-state index >= 15 is 0 Å². The Kier molecular flexibility index (Phi) is 6.59. The number of carboxylic acid groups (broad SMARTS) is 2. The van der Waals surface area contributed by atoms with Gasteiger partial charge in [-0.1, -0.05) is 6.07 Å². The first-order chi connectivity index (χ1) is 11.6. The van der Waals surface area contributed by atoms with Gasteiger partial charge in [0.25, 0.3) is 0 Å². The lowest BCUT2D eigenvalue weighted by molar-refractivity contribution is -0.138. The average molecular weight is 350 g/mol. The van der Waals surface area contributed by atoms with E-state index in [2.05, 4.69) is 0 Å². The number of hydrogen-bond acceptors (Lipinski definition) is 7. The fraction of sp³-hybridized carbons (Fsp3) is 0.125. The van der Waals surface area contributed by atoms with Crippen molar-refractivity contribution < 1.29 is 35.1 Å². The molecule has 134 valence electrons. The van der Waals surface area contributed by atoms with E-state index < -0.39 is 18.0 Å². The number of hydrogen-bond donors (Lipinski definition) is 7. The normalized spacial score (nSPS) is 11.1. The van der Waals surface area contributed by atoms with Gasteiger partial charge < -0.3 is 37.0 Å². The number of aliphatic carboxylic acids is 1. The van der Waals surface area contributed by atoms with Gasteiger partial charge >= 0.3 is 11.9 Å². The van der Waals surface area contributed by atoms with Crippen LogP contribution in [0.4, 0.5) is 5.69 Å². The molecule has 9 heteroatoms. The van der Waals surface area contributed by atoms with Crippen LogP contribution >= 0.6 is 0 Å². The lowest BCUT2D eigenvalue weighted by Gasteiger charge is -2.06. The largest absolute Gasteiger partial charge is 0.507 e. The van der Waals surface area contributed by atoms with E-state index in [1.54, 1.807) is 0 Å². The maximum absolute atomic E-state index is 10.4. The predicted octanol–water partition coefficient (Wildman–Crippen LogP) is 0.725. The third-order valence-electron chi connectivity index (χ3n) is 3.06. The van der Waals surface area contributed by atoms with Gasteiger partial charge in [0, 0.05) is 11.8 Å². The van der Waals surface area contributed by atoms with E-state index in [9.17, 15) is 9.59 Å². The van der Waals surface area contributed by atoms with Crippen LogP contribution in [0.3, 0.4) is 0 Å². The van der Waals surface area contributed by atoms with Gasteiger partial charge in [-0.25, -0.2) is 4.79 Å². The fourth-order valence-electron chi connectivity index (χ4n) is 1.77. The third-order valence-corrected chi connectivity index (χ3v) is 3.06. The zero-order chi connectivity index (χ0) is 19.1. The monoisotopic (exact) mass is 350 g/mol. The van der Waals surface area contributed by atoms with Crippen molar-refractivity contribution >= 4 is 17.6 Å². The number of carbonyl (C=O) groups is 2. The number of aromatic hydroxyl groups is 3. The number of phenols is 3. The molecule has 0 unspecified atom stereocenters. The smallest absolute Gasteiger partial charge is 0.339 e. The quantitative estimate of drug-likeness (QED) is 0.308. The number of benzene rings is 2. The van der Waals surface area contributed by atoms with E-state index in [-0.39, 0.29) is 29.2 Å². The van der Waals surface area contributed by atoms with Crippen LogP contribution in [0.15, 0.2) is 36.4 Å². The van der Waals surface area contributed by atoms with Crippen LogP contribution in [-0.2, 0) is 11.2 Å². The highest BCUT2D eigenvalue weighted by atomic mass is 16.4. The number of rotatable bonds is 4. The standard InChI is InChI=1S/C9H11NO4.C7H7NO3/c10-6(9(13)14)3-5-1-2-7(11)8(12)4-5;8-4-1-2-5(7(10)11)6(9)3-4/h1-2,4,6,11-12H,3,10H2,(H,13,14);1-3,9H,8H2,(H,10,11)/t6-;/m0./s1. The lowest BCUT2D eigenvalue weighted by Crippen LogP contribution is -2.32. The second-order valence-electron chi connectivity index (χ2n) is 5.05. The molecule has 0 bridgehead atoms. The molecule has 0 radical (unpaired) electrons. The number of aromatic carboxylic acids is 1. The summed E-state index contributed by atoms with van der Waals surface area (Å²) in [5.74, 6) is -3.09. The van der Waals surface area contributed by atoms with Crippen LogP contribution in [0.2, 0.25) is 0 Å². The van der Waals surface area contributed by atoms with Crippen molar-refractivity contribution in [3.8, 4) is 17.2 Å². The van der Waals surface area contributed by atoms with Crippen LogP contribution in [0.25, 0.3) is 0 Å². The molecule has 2 aromatic carbocycles. The molecule has 0 saturated carbocycles. The zero-order valence-electron chi connectivity index (χ0n) is 13.0. The zero-order valence-corrected chi connectivity index (χ0v) is 13.0. The second kappa shape index (κ2) is 8.41. The van der Waals surface area contributed by atoms with Crippen molar-refractivity contribution in [1.82, 2.24) is 0 Å². The number of phenolic OH excluding ortho intramolecular Hbond substituents is 2. The molecule has 2 aromatic rings. The molecule has 0 saturated heterocycles. The first kappa shape index (κ1) is 19.6. The molecule has 0 fully saturated rings. The molecule has 2 rings (SSSR count). The Morgan fingerprint density at radius 3 is 2.04 bits per heavy atom. The highest BCUT2D eigenvalue weighted by molar-refractivity contribution is 5.91. The summed E-state index contributed by atoms with van der Waals surface area (Å²) in [5, 5.41) is 44.1. The minimum absolute atomic E-state index is 0.114. The van der Waals surface area contributed by atoms with Crippen LogP contribution in [-0.4, -0.2) is 43.5 Å². The van der Waals surface area contributed by atoms with Crippen molar-refractivity contribution in [3.63, 3.8) is 0 Å². The molecule has 25 heavy (non-hydrogen) atoms. The first-order valence-corrected chi connectivity index (χ1v) is 6.92. The minimum Gasteiger partial charge on any atom is -0.507 e. The van der Waals surface area contributed by atoms with Crippen molar-refractivity contribution in [2.75, 3.05) is 5.73 Å². The summed E-state index contributed by atoms with van der Waals surface area (Å²) < 4.78 is 0. The van der Waals surface area contributed by atoms with E-state index in [0.717, 1.165) is 0 Å². The molecule has 1 atom stereocenters. The Morgan fingerprint density at radius 2 is 1.56 bits per heavy atom. The number of nitrogen functional groups attached to an aromatic ring is 1. The molecular weight excluding hydrogens is 332 g/mol. The van der Waals surface area contributed by atoms with E-state index in [1.807, 2.05) is 0 Å². The van der Waals surface area contributed by atoms with Gasteiger partial charge in [0.15, 0.2) is 11.5 Å². The van der Waals surface area contributed by atoms with Crippen molar-refractivity contribution in [2.45, 2.75) is 12.5 Å². The van der Waals surface area contributed by atoms with Crippen LogP contribution in [0.5, 0.6) is 17.2 Å². The topological polar surface area (TPSA) is 187 Å². The molecular formula is C16H18N2O7. The average Bonchev–Trinajstić information content (AvgIpc) is 2.51. The van der Waals surface area contributed by atoms with Crippen molar-refractivity contribution in [3.05, 3.63) is 47.5 Å². The van der Waals surface area contributed by atoms with Gasteiger partial charge in [-0.15, -0.1) is 0 Å². The van der Waals surface area contributed by atoms with E-state index in [0.29, 0.717) is 11.3 Å². The number of anilines is 1. The van der Waals surface area contributed by atoms with Crippen LogP contribution in [0.1, 0.15) is 15.9 Å². The van der Waals surface area contributed by atoms with Gasteiger partial charge in [-0.3, -0.25) is 4.79 Å². The maximum Gasteiger partial charge on any atom is 0.339 e. The second-order valence-corrected chi connectivity index (χ2v) is 5.05. The van der Waals surface area contributed by atoms with Gasteiger partial charge in [0.05, 0.1) is 0 Å². The SMILES string of the molecule is N[C@@H](Cc1ccc(O)c(O)c1)C(=O)O.Nc1ccc(C(=O)O)c(O)c1. The summed E-state index contributed by atoms with van der Waals surface area (Å²) in [6, 6.07) is 6.97. The highest BCUT2D eigenvalue weighted by Crippen LogP contribution is 2.25. The molecule has 9 nitrogen and oxygen atoms in total. The Morgan fingerprint density at radius 1 is 0.920 bits per heavy atom. The molecule has 9 N–H and O–H groups in total. The van der Waals surface area contributed by atoms with Gasteiger partial charge in [0.1, 0.15) is 17.4 Å². The Hall–Kier alpha value is -3.46. The molecule has 0 aliphatic carbocycles. The third kappa shape index (κ3) is 5.92. The van der Waals surface area contributed by atoms with Crippen molar-refractivity contribution in [1.29, 1.82) is 0 Å². The number of carboxylic acids is 2. The molecule has 0 aliphatic rings. The molecule has 0 amide bonds. The van der Waals surface area contributed by atoms with Gasteiger partial charge in [-0.2, -0.15) is 0 Å². The fourth-order valence-corrected chi connectivity index (χ4v) is 1.77. The summed E-state index contributed by atoms with van der Waals surface area (Å²) in [6.07, 6.45) is 0.114. The van der Waals surface area contributed by atoms with E-state index in [1.165, 1.54) is 36.4 Å². The van der Waals surface area contributed by atoms with Crippen LogP contribution in [0, 0.1) is 0 Å². The maximum atomic E-state index is 10.4. The first-order valence-electron chi connectivity index (χ1n) is 6.92. The Balaban J connectivity index is 0.000000257. The molecule has 0 aromatic heterocycles. The van der Waals surface area contributed by atoms with Crippen molar-refractivity contribution in [2.24, 2.45) is 5.73 Å². The van der Waals surface area contributed by atoms with Crippen LogP contribution < -0.4 is 11.5 Å². The van der Waals surface area contributed by atoms with Gasteiger partial charge in [-0.05, 0) is 36.2 Å². The summed E-state index contributed by atoms with van der Waals surface area (Å²) in [5.41, 5.74) is 11.3. The summed E-state index contributed by atoms with van der Waals surface area (Å²) in [4.78, 5) is 20.8. The summed E-state index contributed by atoms with van der Waals surface area (Å²) in [7, 11) is 0. The predicted molar refractivity (Wildman–Crippen MR) is 88.6 cm³/mol. The summed E-state index contributed by atoms with van der Waals surface area (Å²) in [6.45, 7) is 0. The Bertz CT molecular complexity index is 777. The summed E-state index contributed by atoms with van der Waals surface area (Å²) >= 11 is 0.